The second-order valence-electron chi connectivity index (χ2n) is 7.59. The van der Waals surface area contributed by atoms with E-state index in [-0.39, 0.29) is 13.0 Å². The van der Waals surface area contributed by atoms with Gasteiger partial charge in [0.1, 0.15) is 17.7 Å². The molecule has 0 unspecified atom stereocenters. The second-order valence-corrected chi connectivity index (χ2v) is 7.59. The zero-order chi connectivity index (χ0) is 21.1. The third kappa shape index (κ3) is 5.45. The summed E-state index contributed by atoms with van der Waals surface area (Å²) in [7, 11) is 0. The molecular formula is C19H24N2O7. The molecule has 152 valence electrons. The highest BCUT2D eigenvalue weighted by atomic mass is 16.6. The summed E-state index contributed by atoms with van der Waals surface area (Å²) < 4.78 is 5.39. The van der Waals surface area contributed by atoms with Gasteiger partial charge in [0.15, 0.2) is 0 Å². The van der Waals surface area contributed by atoms with Crippen molar-refractivity contribution in [1.29, 1.82) is 0 Å². The highest BCUT2D eigenvalue weighted by molar-refractivity contribution is 5.91. The van der Waals surface area contributed by atoms with Gasteiger partial charge < -0.3 is 20.3 Å². The lowest BCUT2D eigenvalue weighted by Gasteiger charge is -2.37. The lowest BCUT2D eigenvalue weighted by Crippen LogP contribution is -2.56. The second kappa shape index (κ2) is 8.28. The van der Waals surface area contributed by atoms with Gasteiger partial charge in [0.25, 0.3) is 0 Å². The fourth-order valence-corrected chi connectivity index (χ4v) is 2.91. The number of hydrogen-bond acceptors (Lipinski definition) is 5. The van der Waals surface area contributed by atoms with Crippen LogP contribution >= 0.6 is 0 Å². The molecule has 1 aliphatic heterocycles. The minimum absolute atomic E-state index is 0.125. The average Bonchev–Trinajstić information content (AvgIpc) is 2.57. The van der Waals surface area contributed by atoms with Crippen LogP contribution in [0.2, 0.25) is 0 Å². The minimum atomic E-state index is -1.59. The van der Waals surface area contributed by atoms with Crippen molar-refractivity contribution in [2.24, 2.45) is 0 Å². The standard InChI is InChI=1S/C19H24N2O7/c1-19(2,3)28-18(27)21-10-12-7-5-4-6-11(12)8-14(21)16(24)20-13(17(25)26)9-15(22)23/h4-7,13-14H,8-10H2,1-3H3,(H,20,24)(H,22,23)(H,25,26)/t13-,14-/m0/s1. The van der Waals surface area contributed by atoms with E-state index in [9.17, 15) is 24.3 Å². The summed E-state index contributed by atoms with van der Waals surface area (Å²) in [4.78, 5) is 48.8. The van der Waals surface area contributed by atoms with Gasteiger partial charge in [-0.3, -0.25) is 14.5 Å². The summed E-state index contributed by atoms with van der Waals surface area (Å²) >= 11 is 0. The van der Waals surface area contributed by atoms with Gasteiger partial charge >= 0.3 is 18.0 Å². The van der Waals surface area contributed by atoms with Crippen LogP contribution < -0.4 is 5.32 Å². The molecule has 0 spiro atoms. The van der Waals surface area contributed by atoms with Gasteiger partial charge in [-0.15, -0.1) is 0 Å². The third-order valence-electron chi connectivity index (χ3n) is 4.17. The first-order valence-electron chi connectivity index (χ1n) is 8.79. The zero-order valence-electron chi connectivity index (χ0n) is 16.0. The number of carboxylic acid groups (broad SMARTS) is 2. The summed E-state index contributed by atoms with van der Waals surface area (Å²) in [5.74, 6) is -3.56. The van der Waals surface area contributed by atoms with E-state index in [1.807, 2.05) is 18.2 Å². The number of carbonyl (C=O) groups excluding carboxylic acids is 2. The summed E-state index contributed by atoms with van der Waals surface area (Å²) in [6.45, 7) is 5.22. The van der Waals surface area contributed by atoms with Crippen molar-refractivity contribution in [2.75, 3.05) is 0 Å². The number of carbonyl (C=O) groups is 4. The number of ether oxygens (including phenoxy) is 1. The number of carboxylic acids is 2. The Hall–Kier alpha value is -3.10. The van der Waals surface area contributed by atoms with Crippen molar-refractivity contribution in [3.05, 3.63) is 35.4 Å². The maximum Gasteiger partial charge on any atom is 0.411 e. The highest BCUT2D eigenvalue weighted by Crippen LogP contribution is 2.25. The Kier molecular flexibility index (Phi) is 6.27. The number of benzene rings is 1. The van der Waals surface area contributed by atoms with Crippen LogP contribution in [0.4, 0.5) is 4.79 Å². The quantitative estimate of drug-likeness (QED) is 0.689. The number of aliphatic carboxylic acids is 2. The average molecular weight is 392 g/mol. The predicted octanol–water partition coefficient (Wildman–Crippen LogP) is 1.39. The monoisotopic (exact) mass is 392 g/mol. The van der Waals surface area contributed by atoms with Crippen LogP contribution in [0.25, 0.3) is 0 Å². The Labute approximate surface area is 162 Å². The topological polar surface area (TPSA) is 133 Å². The first kappa shape index (κ1) is 21.2. The van der Waals surface area contributed by atoms with Crippen molar-refractivity contribution in [2.45, 2.75) is 57.8 Å². The Morgan fingerprint density at radius 1 is 1.18 bits per heavy atom. The molecule has 1 aromatic carbocycles. The molecule has 2 rings (SSSR count). The van der Waals surface area contributed by atoms with E-state index in [0.717, 1.165) is 11.1 Å². The highest BCUT2D eigenvalue weighted by Gasteiger charge is 2.38. The molecular weight excluding hydrogens is 368 g/mol. The van der Waals surface area contributed by atoms with E-state index in [1.165, 1.54) is 4.90 Å². The molecule has 2 amide bonds. The molecule has 2 atom stereocenters. The summed E-state index contributed by atoms with van der Waals surface area (Å²) in [6.07, 6.45) is -1.30. The normalized spacial score (nSPS) is 17.2. The number of hydrogen-bond donors (Lipinski definition) is 3. The number of nitrogens with one attached hydrogen (secondary N) is 1. The van der Waals surface area contributed by atoms with E-state index in [4.69, 9.17) is 9.84 Å². The zero-order valence-corrected chi connectivity index (χ0v) is 16.0. The SMILES string of the molecule is CC(C)(C)OC(=O)N1Cc2ccccc2C[C@H]1C(=O)N[C@@H](CC(=O)O)C(=O)O. The fourth-order valence-electron chi connectivity index (χ4n) is 2.91. The van der Waals surface area contributed by atoms with Crippen LogP contribution in [-0.2, 0) is 32.1 Å². The first-order chi connectivity index (χ1) is 13.0. The maximum atomic E-state index is 12.8. The van der Waals surface area contributed by atoms with Crippen LogP contribution in [0.5, 0.6) is 0 Å². The Morgan fingerprint density at radius 3 is 2.32 bits per heavy atom. The van der Waals surface area contributed by atoms with Gasteiger partial charge in [0.05, 0.1) is 13.0 Å². The van der Waals surface area contributed by atoms with Crippen LogP contribution in [0.3, 0.4) is 0 Å². The molecule has 0 saturated heterocycles. The van der Waals surface area contributed by atoms with E-state index in [1.54, 1.807) is 26.8 Å². The van der Waals surface area contributed by atoms with E-state index in [2.05, 4.69) is 5.32 Å². The molecule has 1 aliphatic rings. The van der Waals surface area contributed by atoms with Gasteiger partial charge in [0, 0.05) is 6.42 Å². The molecule has 0 saturated carbocycles. The smallest absolute Gasteiger partial charge is 0.411 e. The van der Waals surface area contributed by atoms with Crippen LogP contribution in [-0.4, -0.2) is 56.7 Å². The molecule has 9 heteroatoms. The van der Waals surface area contributed by atoms with Gasteiger partial charge in [-0.05, 0) is 31.9 Å². The molecule has 0 radical (unpaired) electrons. The van der Waals surface area contributed by atoms with E-state index < -0.39 is 48.0 Å². The summed E-state index contributed by atoms with van der Waals surface area (Å²) in [5, 5.41) is 20.3. The summed E-state index contributed by atoms with van der Waals surface area (Å²) in [5.41, 5.74) is 0.937. The molecule has 0 aliphatic carbocycles. The van der Waals surface area contributed by atoms with E-state index in [0.29, 0.717) is 0 Å². The lowest BCUT2D eigenvalue weighted by molar-refractivity contribution is -0.147. The van der Waals surface area contributed by atoms with Gasteiger partial charge in [-0.1, -0.05) is 24.3 Å². The minimum Gasteiger partial charge on any atom is -0.481 e. The van der Waals surface area contributed by atoms with Crippen molar-refractivity contribution >= 4 is 23.9 Å². The van der Waals surface area contributed by atoms with E-state index >= 15 is 0 Å². The van der Waals surface area contributed by atoms with Gasteiger partial charge in [-0.2, -0.15) is 0 Å². The maximum absolute atomic E-state index is 12.8. The molecule has 1 aromatic rings. The molecule has 1 heterocycles. The molecule has 28 heavy (non-hydrogen) atoms. The molecule has 9 nitrogen and oxygen atoms in total. The van der Waals surface area contributed by atoms with Crippen LogP contribution in [0, 0.1) is 0 Å². The Balaban J connectivity index is 2.28. The molecule has 3 N–H and O–H groups in total. The van der Waals surface area contributed by atoms with Crippen molar-refractivity contribution in [3.63, 3.8) is 0 Å². The predicted molar refractivity (Wildman–Crippen MR) is 97.5 cm³/mol. The Morgan fingerprint density at radius 2 is 1.79 bits per heavy atom. The van der Waals surface area contributed by atoms with Gasteiger partial charge in [-0.25, -0.2) is 9.59 Å². The molecule has 0 fully saturated rings. The van der Waals surface area contributed by atoms with Crippen molar-refractivity contribution in [3.8, 4) is 0 Å². The molecule has 0 aromatic heterocycles. The Bertz CT molecular complexity index is 785. The van der Waals surface area contributed by atoms with Crippen molar-refractivity contribution in [1.82, 2.24) is 10.2 Å². The van der Waals surface area contributed by atoms with Gasteiger partial charge in [0.2, 0.25) is 5.91 Å². The number of amides is 2. The van der Waals surface area contributed by atoms with Crippen LogP contribution in [0.1, 0.15) is 38.3 Å². The fraction of sp³-hybridized carbons (Fsp3) is 0.474. The lowest BCUT2D eigenvalue weighted by atomic mass is 9.93. The van der Waals surface area contributed by atoms with Crippen molar-refractivity contribution < 1.29 is 34.1 Å². The third-order valence-corrected chi connectivity index (χ3v) is 4.17. The van der Waals surface area contributed by atoms with Crippen LogP contribution in [0.15, 0.2) is 24.3 Å². The largest absolute Gasteiger partial charge is 0.481 e. The molecule has 0 bridgehead atoms. The number of nitrogens with zero attached hydrogens (tertiary/aromatic N) is 1. The number of fused-ring (bicyclic) bond motifs is 1. The summed E-state index contributed by atoms with van der Waals surface area (Å²) in [6, 6.07) is 4.68. The first-order valence-corrected chi connectivity index (χ1v) is 8.79. The number of rotatable bonds is 5.